The second-order valence-corrected chi connectivity index (χ2v) is 5.71. The van der Waals surface area contributed by atoms with Crippen LogP contribution in [-0.4, -0.2) is 18.8 Å². The van der Waals surface area contributed by atoms with Gasteiger partial charge in [-0.3, -0.25) is 4.99 Å². The largest absolute Gasteiger partial charge is 0.462 e. The van der Waals surface area contributed by atoms with Crippen molar-refractivity contribution in [3.05, 3.63) is 65.7 Å². The number of unbranched alkanes of at least 4 members (excludes halogenated alkanes) is 1. The lowest BCUT2D eigenvalue weighted by Gasteiger charge is -2.08. The predicted octanol–water partition coefficient (Wildman–Crippen LogP) is 5.15. The molecule has 2 aromatic rings. The highest BCUT2D eigenvalue weighted by Gasteiger charge is 2.08. The highest BCUT2D eigenvalue weighted by molar-refractivity contribution is 5.89. The average Bonchev–Trinajstić information content (AvgIpc) is 2.58. The molecule has 0 heterocycles. The number of para-hydroxylation sites is 1. The molecule has 0 bridgehead atoms. The van der Waals surface area contributed by atoms with E-state index in [9.17, 15) is 4.79 Å². The van der Waals surface area contributed by atoms with Crippen molar-refractivity contribution in [2.45, 2.75) is 32.6 Å². The van der Waals surface area contributed by atoms with Crippen molar-refractivity contribution in [1.82, 2.24) is 0 Å². The third-order valence-electron chi connectivity index (χ3n) is 3.50. The first-order chi connectivity index (χ1) is 11.2. The topological polar surface area (TPSA) is 38.7 Å². The molecule has 0 atom stereocenters. The Kier molecular flexibility index (Phi) is 6.55. The number of hydrogen-bond acceptors (Lipinski definition) is 3. The van der Waals surface area contributed by atoms with Crippen LogP contribution in [0.1, 0.15) is 48.5 Å². The zero-order chi connectivity index (χ0) is 16.5. The van der Waals surface area contributed by atoms with Gasteiger partial charge in [0.05, 0.1) is 17.9 Å². The fourth-order valence-corrected chi connectivity index (χ4v) is 2.13. The molecule has 120 valence electrons. The van der Waals surface area contributed by atoms with Crippen molar-refractivity contribution in [1.29, 1.82) is 0 Å². The van der Waals surface area contributed by atoms with Crippen molar-refractivity contribution in [3.63, 3.8) is 0 Å². The Hall–Kier alpha value is -2.42. The van der Waals surface area contributed by atoms with E-state index in [4.69, 9.17) is 4.74 Å². The first-order valence-electron chi connectivity index (χ1n) is 8.01. The zero-order valence-corrected chi connectivity index (χ0v) is 13.7. The number of hydrogen-bond donors (Lipinski definition) is 0. The number of benzene rings is 2. The molecule has 0 N–H and O–H groups in total. The molecule has 0 saturated heterocycles. The van der Waals surface area contributed by atoms with Gasteiger partial charge < -0.3 is 4.74 Å². The van der Waals surface area contributed by atoms with E-state index >= 15 is 0 Å². The van der Waals surface area contributed by atoms with Gasteiger partial charge in [0.15, 0.2) is 0 Å². The summed E-state index contributed by atoms with van der Waals surface area (Å²) in [5.41, 5.74) is 2.71. The minimum absolute atomic E-state index is 0.257. The van der Waals surface area contributed by atoms with E-state index in [1.807, 2.05) is 54.7 Å². The number of aliphatic imine (C=N–C) groups is 1. The van der Waals surface area contributed by atoms with Gasteiger partial charge in [0.2, 0.25) is 0 Å². The Labute approximate surface area is 138 Å². The van der Waals surface area contributed by atoms with Crippen LogP contribution in [0.5, 0.6) is 0 Å². The monoisotopic (exact) mass is 309 g/mol. The highest BCUT2D eigenvalue weighted by Crippen LogP contribution is 2.16. The van der Waals surface area contributed by atoms with Crippen LogP contribution in [0.2, 0.25) is 0 Å². The summed E-state index contributed by atoms with van der Waals surface area (Å²) in [6.45, 7) is 4.62. The van der Waals surface area contributed by atoms with Gasteiger partial charge in [-0.15, -0.1) is 0 Å². The second-order valence-electron chi connectivity index (χ2n) is 5.71. The molecule has 2 rings (SSSR count). The number of ether oxygens (including phenoxy) is 1. The number of carbonyl (C=O) groups is 1. The lowest BCUT2D eigenvalue weighted by atomic mass is 10.0. The van der Waals surface area contributed by atoms with Crippen LogP contribution >= 0.6 is 0 Å². The van der Waals surface area contributed by atoms with Crippen LogP contribution in [0.3, 0.4) is 0 Å². The van der Waals surface area contributed by atoms with Crippen LogP contribution < -0.4 is 0 Å². The van der Waals surface area contributed by atoms with Crippen molar-refractivity contribution >= 4 is 17.9 Å². The molecular weight excluding hydrogens is 286 g/mol. The fraction of sp³-hybridized carbons (Fsp3) is 0.300. The first kappa shape index (κ1) is 16.9. The number of rotatable bonds is 7. The summed E-state index contributed by atoms with van der Waals surface area (Å²) in [4.78, 5) is 16.4. The normalized spacial score (nSPS) is 11.1. The van der Waals surface area contributed by atoms with Crippen molar-refractivity contribution in [3.8, 4) is 0 Å². The molecule has 3 heteroatoms. The molecule has 0 amide bonds. The van der Waals surface area contributed by atoms with Crippen LogP contribution in [-0.2, 0) is 4.74 Å². The Morgan fingerprint density at radius 3 is 2.65 bits per heavy atom. The van der Waals surface area contributed by atoms with Crippen molar-refractivity contribution in [2.24, 2.45) is 4.99 Å². The van der Waals surface area contributed by atoms with E-state index in [2.05, 4.69) is 18.8 Å². The Morgan fingerprint density at radius 2 is 1.91 bits per heavy atom. The predicted molar refractivity (Wildman–Crippen MR) is 94.6 cm³/mol. The maximum absolute atomic E-state index is 12.0. The molecule has 3 nitrogen and oxygen atoms in total. The van der Waals surface area contributed by atoms with Gasteiger partial charge >= 0.3 is 5.97 Å². The van der Waals surface area contributed by atoms with Crippen LogP contribution in [0.4, 0.5) is 5.69 Å². The van der Waals surface area contributed by atoms with E-state index in [0.717, 1.165) is 24.1 Å². The standard InChI is InChI=1S/C20H23NO2/c1-16(2)17-9-8-10-18(15-17)20(22)23-14-7-6-13-21-19-11-4-3-5-12-19/h3-5,8-13,15-16H,6-7,14H2,1-2H3. The van der Waals surface area contributed by atoms with Crippen LogP contribution in [0.25, 0.3) is 0 Å². The minimum atomic E-state index is -0.257. The van der Waals surface area contributed by atoms with Gasteiger partial charge in [0.25, 0.3) is 0 Å². The van der Waals surface area contributed by atoms with E-state index in [1.165, 1.54) is 0 Å². The highest BCUT2D eigenvalue weighted by atomic mass is 16.5. The lowest BCUT2D eigenvalue weighted by Crippen LogP contribution is -2.07. The lowest BCUT2D eigenvalue weighted by molar-refractivity contribution is 0.0502. The maximum Gasteiger partial charge on any atom is 0.338 e. The molecule has 0 radical (unpaired) electrons. The maximum atomic E-state index is 12.0. The summed E-state index contributed by atoms with van der Waals surface area (Å²) in [5, 5.41) is 0. The fourth-order valence-electron chi connectivity index (χ4n) is 2.13. The molecular formula is C20H23NO2. The SMILES string of the molecule is CC(C)c1cccc(C(=O)OCCCC=Nc2ccccc2)c1. The van der Waals surface area contributed by atoms with Crippen LogP contribution in [0.15, 0.2) is 59.6 Å². The number of esters is 1. The van der Waals surface area contributed by atoms with Crippen molar-refractivity contribution in [2.75, 3.05) is 6.61 Å². The molecule has 0 aliphatic heterocycles. The first-order valence-corrected chi connectivity index (χ1v) is 8.01. The van der Waals surface area contributed by atoms with Gasteiger partial charge in [0.1, 0.15) is 0 Å². The third kappa shape index (κ3) is 5.70. The quantitative estimate of drug-likeness (QED) is 0.403. The van der Waals surface area contributed by atoms with E-state index in [0.29, 0.717) is 18.1 Å². The summed E-state index contributed by atoms with van der Waals surface area (Å²) >= 11 is 0. The van der Waals surface area contributed by atoms with Gasteiger partial charge in [-0.1, -0.05) is 44.2 Å². The molecule has 23 heavy (non-hydrogen) atoms. The van der Waals surface area contributed by atoms with Gasteiger partial charge in [-0.25, -0.2) is 4.79 Å². The summed E-state index contributed by atoms with van der Waals surface area (Å²) in [5.74, 6) is 0.143. The Morgan fingerprint density at radius 1 is 1.13 bits per heavy atom. The minimum Gasteiger partial charge on any atom is -0.462 e. The molecule has 0 aliphatic rings. The Bertz CT molecular complexity index is 648. The Balaban J connectivity index is 1.73. The summed E-state index contributed by atoms with van der Waals surface area (Å²) in [6, 6.07) is 17.4. The van der Waals surface area contributed by atoms with E-state index < -0.39 is 0 Å². The number of carbonyl (C=O) groups excluding carboxylic acids is 1. The average molecular weight is 309 g/mol. The molecule has 0 unspecified atom stereocenters. The van der Waals surface area contributed by atoms with E-state index in [1.54, 1.807) is 6.07 Å². The summed E-state index contributed by atoms with van der Waals surface area (Å²) in [7, 11) is 0. The van der Waals surface area contributed by atoms with Gasteiger partial charge in [0, 0.05) is 6.21 Å². The summed E-state index contributed by atoms with van der Waals surface area (Å²) < 4.78 is 5.31. The summed E-state index contributed by atoms with van der Waals surface area (Å²) in [6.07, 6.45) is 3.42. The molecule has 2 aromatic carbocycles. The molecule has 0 fully saturated rings. The van der Waals surface area contributed by atoms with E-state index in [-0.39, 0.29) is 5.97 Å². The molecule has 0 spiro atoms. The third-order valence-corrected chi connectivity index (χ3v) is 3.50. The smallest absolute Gasteiger partial charge is 0.338 e. The second kappa shape index (κ2) is 8.89. The number of nitrogens with zero attached hydrogens (tertiary/aromatic N) is 1. The molecule has 0 saturated carbocycles. The van der Waals surface area contributed by atoms with Crippen molar-refractivity contribution < 1.29 is 9.53 Å². The van der Waals surface area contributed by atoms with Crippen LogP contribution in [0, 0.1) is 0 Å². The molecule has 0 aliphatic carbocycles. The van der Waals surface area contributed by atoms with Gasteiger partial charge in [-0.05, 0) is 48.6 Å². The van der Waals surface area contributed by atoms with Gasteiger partial charge in [-0.2, -0.15) is 0 Å². The molecule has 0 aromatic heterocycles. The zero-order valence-electron chi connectivity index (χ0n) is 13.7.